The first-order valence-corrected chi connectivity index (χ1v) is 7.75. The monoisotopic (exact) mass is 280 g/mol. The van der Waals surface area contributed by atoms with Gasteiger partial charge in [0.15, 0.2) is 5.82 Å². The first kappa shape index (κ1) is 13.0. The maximum Gasteiger partial charge on any atom is 0.172 e. The lowest BCUT2D eigenvalue weighted by Gasteiger charge is -2.32. The highest BCUT2D eigenvalue weighted by Gasteiger charge is 2.21. The van der Waals surface area contributed by atoms with Crippen LogP contribution in [0.15, 0.2) is 6.20 Å². The van der Waals surface area contributed by atoms with Crippen LogP contribution in [0.3, 0.4) is 0 Å². The van der Waals surface area contributed by atoms with Gasteiger partial charge in [-0.25, -0.2) is 0 Å². The minimum atomic E-state index is 0.791. The summed E-state index contributed by atoms with van der Waals surface area (Å²) >= 11 is 6.59. The van der Waals surface area contributed by atoms with Crippen LogP contribution in [-0.2, 0) is 0 Å². The number of rotatable bonds is 2. The first-order valence-electron chi connectivity index (χ1n) is 7.37. The zero-order valence-corrected chi connectivity index (χ0v) is 12.1. The molecule has 5 heteroatoms. The van der Waals surface area contributed by atoms with Crippen molar-refractivity contribution in [2.75, 3.05) is 36.0 Å². The normalized spacial score (nSPS) is 20.7. The van der Waals surface area contributed by atoms with Crippen LogP contribution < -0.4 is 9.80 Å². The van der Waals surface area contributed by atoms with Crippen molar-refractivity contribution in [3.05, 3.63) is 11.2 Å². The summed E-state index contributed by atoms with van der Waals surface area (Å²) in [5, 5.41) is 9.24. The highest BCUT2D eigenvalue weighted by Crippen LogP contribution is 2.34. The van der Waals surface area contributed by atoms with Crippen molar-refractivity contribution >= 4 is 23.1 Å². The van der Waals surface area contributed by atoms with Crippen LogP contribution in [0, 0.1) is 0 Å². The van der Waals surface area contributed by atoms with Gasteiger partial charge >= 0.3 is 0 Å². The third-order valence-electron chi connectivity index (χ3n) is 4.11. The number of anilines is 2. The molecule has 2 fully saturated rings. The molecule has 104 valence electrons. The summed E-state index contributed by atoms with van der Waals surface area (Å²) in [5.74, 6) is 0.879. The van der Waals surface area contributed by atoms with E-state index >= 15 is 0 Å². The van der Waals surface area contributed by atoms with Gasteiger partial charge in [-0.15, -0.1) is 5.10 Å². The SMILES string of the molecule is Clc1c(N2CCCCC2)cnnc1N1CCCCC1. The van der Waals surface area contributed by atoms with Crippen LogP contribution in [-0.4, -0.2) is 36.4 Å². The van der Waals surface area contributed by atoms with Gasteiger partial charge in [0.1, 0.15) is 5.02 Å². The summed E-state index contributed by atoms with van der Waals surface area (Å²) in [6.45, 7) is 4.28. The minimum Gasteiger partial charge on any atom is -0.369 e. The molecule has 0 amide bonds. The lowest BCUT2D eigenvalue weighted by molar-refractivity contribution is 0.567. The van der Waals surface area contributed by atoms with Gasteiger partial charge in [0.25, 0.3) is 0 Å². The van der Waals surface area contributed by atoms with Crippen molar-refractivity contribution in [1.29, 1.82) is 0 Å². The second-order valence-electron chi connectivity index (χ2n) is 5.46. The molecular formula is C14H21ClN4. The van der Waals surface area contributed by atoms with Crippen LogP contribution in [0.1, 0.15) is 38.5 Å². The molecule has 0 atom stereocenters. The molecule has 0 aliphatic carbocycles. The molecule has 0 spiro atoms. The predicted molar refractivity (Wildman–Crippen MR) is 79.2 cm³/mol. The fraction of sp³-hybridized carbons (Fsp3) is 0.714. The van der Waals surface area contributed by atoms with Crippen molar-refractivity contribution in [3.63, 3.8) is 0 Å². The molecule has 2 saturated heterocycles. The van der Waals surface area contributed by atoms with Gasteiger partial charge in [-0.1, -0.05) is 11.6 Å². The zero-order chi connectivity index (χ0) is 13.1. The molecule has 0 aromatic carbocycles. The number of nitrogens with zero attached hydrogens (tertiary/aromatic N) is 4. The highest BCUT2D eigenvalue weighted by atomic mass is 35.5. The molecule has 3 heterocycles. The Kier molecular flexibility index (Phi) is 4.06. The van der Waals surface area contributed by atoms with E-state index in [0.717, 1.165) is 42.7 Å². The van der Waals surface area contributed by atoms with Crippen LogP contribution in [0.4, 0.5) is 11.5 Å². The maximum atomic E-state index is 6.59. The molecular weight excluding hydrogens is 260 g/mol. The zero-order valence-electron chi connectivity index (χ0n) is 11.3. The Labute approximate surface area is 119 Å². The van der Waals surface area contributed by atoms with E-state index in [0.29, 0.717) is 0 Å². The lowest BCUT2D eigenvalue weighted by Crippen LogP contribution is -2.33. The lowest BCUT2D eigenvalue weighted by atomic mass is 10.1. The van der Waals surface area contributed by atoms with E-state index in [-0.39, 0.29) is 0 Å². The summed E-state index contributed by atoms with van der Waals surface area (Å²) in [6, 6.07) is 0. The van der Waals surface area contributed by atoms with Crippen molar-refractivity contribution in [1.82, 2.24) is 10.2 Å². The van der Waals surface area contributed by atoms with E-state index in [9.17, 15) is 0 Å². The van der Waals surface area contributed by atoms with Crippen molar-refractivity contribution in [3.8, 4) is 0 Å². The predicted octanol–water partition coefficient (Wildman–Crippen LogP) is 3.11. The van der Waals surface area contributed by atoms with Gasteiger partial charge in [0.05, 0.1) is 11.9 Å². The van der Waals surface area contributed by atoms with E-state index in [1.807, 2.05) is 6.20 Å². The van der Waals surface area contributed by atoms with Gasteiger partial charge in [-0.3, -0.25) is 0 Å². The van der Waals surface area contributed by atoms with Crippen molar-refractivity contribution in [2.45, 2.75) is 38.5 Å². The molecule has 0 N–H and O–H groups in total. The summed E-state index contributed by atoms with van der Waals surface area (Å²) in [7, 11) is 0. The average Bonchev–Trinajstić information content (AvgIpc) is 2.49. The van der Waals surface area contributed by atoms with Gasteiger partial charge in [-0.05, 0) is 38.5 Å². The summed E-state index contributed by atoms with van der Waals surface area (Å²) < 4.78 is 0. The second kappa shape index (κ2) is 5.95. The first-order chi connectivity index (χ1) is 9.36. The maximum absolute atomic E-state index is 6.59. The Morgan fingerprint density at radius 1 is 0.842 bits per heavy atom. The van der Waals surface area contributed by atoms with Gasteiger partial charge < -0.3 is 9.80 Å². The highest BCUT2D eigenvalue weighted by molar-refractivity contribution is 6.35. The van der Waals surface area contributed by atoms with E-state index in [1.165, 1.54) is 38.5 Å². The Morgan fingerprint density at radius 2 is 1.42 bits per heavy atom. The molecule has 19 heavy (non-hydrogen) atoms. The molecule has 2 aliphatic rings. The van der Waals surface area contributed by atoms with Crippen molar-refractivity contribution < 1.29 is 0 Å². The van der Waals surface area contributed by atoms with Crippen molar-refractivity contribution in [2.24, 2.45) is 0 Å². The van der Waals surface area contributed by atoms with E-state index in [2.05, 4.69) is 20.0 Å². The van der Waals surface area contributed by atoms with Gasteiger partial charge in [-0.2, -0.15) is 5.10 Å². The topological polar surface area (TPSA) is 32.3 Å². The molecule has 0 bridgehead atoms. The quantitative estimate of drug-likeness (QED) is 0.833. The van der Waals surface area contributed by atoms with Crippen LogP contribution in [0.5, 0.6) is 0 Å². The summed E-state index contributed by atoms with van der Waals surface area (Å²) in [6.07, 6.45) is 9.41. The molecule has 1 aromatic heterocycles. The Balaban J connectivity index is 1.84. The fourth-order valence-corrected chi connectivity index (χ4v) is 3.34. The average molecular weight is 281 g/mol. The van der Waals surface area contributed by atoms with Crippen LogP contribution >= 0.6 is 11.6 Å². The molecule has 0 unspecified atom stereocenters. The molecule has 1 aromatic rings. The Hall–Kier alpha value is -1.03. The van der Waals surface area contributed by atoms with Gasteiger partial charge in [0, 0.05) is 26.2 Å². The van der Waals surface area contributed by atoms with Gasteiger partial charge in [0.2, 0.25) is 0 Å². The van der Waals surface area contributed by atoms with E-state index in [4.69, 9.17) is 11.6 Å². The molecule has 0 radical (unpaired) electrons. The summed E-state index contributed by atoms with van der Waals surface area (Å²) in [5.41, 5.74) is 1.07. The molecule has 3 rings (SSSR count). The van der Waals surface area contributed by atoms with Crippen LogP contribution in [0.25, 0.3) is 0 Å². The molecule has 4 nitrogen and oxygen atoms in total. The summed E-state index contributed by atoms with van der Waals surface area (Å²) in [4.78, 5) is 4.64. The standard InChI is InChI=1S/C14H21ClN4/c15-13-12(18-7-3-1-4-8-18)11-16-17-14(13)19-9-5-2-6-10-19/h11H,1-10H2. The third-order valence-corrected chi connectivity index (χ3v) is 4.47. The number of piperidine rings is 2. The fourth-order valence-electron chi connectivity index (χ4n) is 3.02. The number of aromatic nitrogens is 2. The van der Waals surface area contributed by atoms with E-state index in [1.54, 1.807) is 0 Å². The largest absolute Gasteiger partial charge is 0.369 e. The van der Waals surface area contributed by atoms with Crippen LogP contribution in [0.2, 0.25) is 5.02 Å². The Bertz CT molecular complexity index is 389. The third kappa shape index (κ3) is 2.78. The molecule has 0 saturated carbocycles. The Morgan fingerprint density at radius 3 is 2.05 bits per heavy atom. The number of hydrogen-bond acceptors (Lipinski definition) is 4. The molecule has 2 aliphatic heterocycles. The smallest absolute Gasteiger partial charge is 0.172 e. The minimum absolute atomic E-state index is 0.791. The second-order valence-corrected chi connectivity index (χ2v) is 5.84. The van der Waals surface area contributed by atoms with E-state index < -0.39 is 0 Å². The number of halogens is 1. The number of hydrogen-bond donors (Lipinski definition) is 0.